The summed E-state index contributed by atoms with van der Waals surface area (Å²) >= 11 is 6.00. The van der Waals surface area contributed by atoms with Crippen LogP contribution in [0.2, 0.25) is 5.02 Å². The Morgan fingerprint density at radius 1 is 1.28 bits per heavy atom. The molecule has 2 heterocycles. The number of aliphatic hydroxyl groups is 1. The zero-order valence-electron chi connectivity index (χ0n) is 10.7. The van der Waals surface area contributed by atoms with Crippen LogP contribution in [0.25, 0.3) is 0 Å². The van der Waals surface area contributed by atoms with Gasteiger partial charge in [0.25, 0.3) is 0 Å². The molecule has 2 aliphatic heterocycles. The monoisotopic (exact) mass is 265 g/mol. The predicted octanol–water partition coefficient (Wildman–Crippen LogP) is 3.25. The summed E-state index contributed by atoms with van der Waals surface area (Å²) in [6.07, 6.45) is 4.45. The van der Waals surface area contributed by atoms with E-state index in [9.17, 15) is 5.11 Å². The molecule has 98 valence electrons. The molecular formula is C15H20ClNO. The maximum absolute atomic E-state index is 10.5. The fourth-order valence-corrected chi connectivity index (χ4v) is 3.87. The first-order valence-electron chi connectivity index (χ1n) is 6.80. The SMILES string of the molecule is CN1C2CCC1CC(C(O)c1cccc(Cl)c1)C2. The van der Waals surface area contributed by atoms with Gasteiger partial charge in [-0.15, -0.1) is 0 Å². The molecule has 2 fully saturated rings. The average Bonchev–Trinajstić information content (AvgIpc) is 2.61. The van der Waals surface area contributed by atoms with Crippen molar-refractivity contribution >= 4 is 11.6 Å². The third-order valence-electron chi connectivity index (χ3n) is 4.77. The third-order valence-corrected chi connectivity index (χ3v) is 5.01. The van der Waals surface area contributed by atoms with E-state index in [1.807, 2.05) is 24.3 Å². The Hall–Kier alpha value is -0.570. The molecule has 0 aliphatic carbocycles. The van der Waals surface area contributed by atoms with Crippen molar-refractivity contribution in [2.45, 2.75) is 43.9 Å². The summed E-state index contributed by atoms with van der Waals surface area (Å²) in [5.74, 6) is 0.386. The van der Waals surface area contributed by atoms with Gasteiger partial charge in [-0.2, -0.15) is 0 Å². The Morgan fingerprint density at radius 2 is 1.94 bits per heavy atom. The zero-order chi connectivity index (χ0) is 12.7. The van der Waals surface area contributed by atoms with Crippen molar-refractivity contribution in [2.24, 2.45) is 5.92 Å². The molecule has 1 aromatic rings. The first-order chi connectivity index (χ1) is 8.65. The van der Waals surface area contributed by atoms with Crippen LogP contribution in [0.15, 0.2) is 24.3 Å². The van der Waals surface area contributed by atoms with Gasteiger partial charge < -0.3 is 10.0 Å². The number of fused-ring (bicyclic) bond motifs is 2. The van der Waals surface area contributed by atoms with E-state index in [0.717, 1.165) is 18.4 Å². The van der Waals surface area contributed by atoms with Gasteiger partial charge in [0.05, 0.1) is 6.10 Å². The summed E-state index contributed by atoms with van der Waals surface area (Å²) in [4.78, 5) is 2.50. The van der Waals surface area contributed by atoms with Gasteiger partial charge in [0.1, 0.15) is 0 Å². The number of hydrogen-bond acceptors (Lipinski definition) is 2. The number of hydrogen-bond donors (Lipinski definition) is 1. The van der Waals surface area contributed by atoms with E-state index in [-0.39, 0.29) is 6.10 Å². The van der Waals surface area contributed by atoms with Crippen LogP contribution < -0.4 is 0 Å². The second-order valence-electron chi connectivity index (χ2n) is 5.78. The minimum atomic E-state index is -0.361. The minimum absolute atomic E-state index is 0.361. The van der Waals surface area contributed by atoms with Crippen molar-refractivity contribution in [2.75, 3.05) is 7.05 Å². The molecular weight excluding hydrogens is 246 g/mol. The van der Waals surface area contributed by atoms with E-state index in [0.29, 0.717) is 23.0 Å². The van der Waals surface area contributed by atoms with Crippen LogP contribution in [0.4, 0.5) is 0 Å². The van der Waals surface area contributed by atoms with Crippen molar-refractivity contribution in [3.05, 3.63) is 34.9 Å². The summed E-state index contributed by atoms with van der Waals surface area (Å²) in [6, 6.07) is 8.99. The van der Waals surface area contributed by atoms with E-state index >= 15 is 0 Å². The van der Waals surface area contributed by atoms with E-state index in [4.69, 9.17) is 11.6 Å². The molecule has 2 nitrogen and oxygen atoms in total. The van der Waals surface area contributed by atoms with Gasteiger partial charge in [-0.25, -0.2) is 0 Å². The smallest absolute Gasteiger partial charge is 0.0819 e. The second-order valence-corrected chi connectivity index (χ2v) is 6.22. The lowest BCUT2D eigenvalue weighted by Gasteiger charge is -2.38. The second kappa shape index (κ2) is 4.84. The molecule has 3 heteroatoms. The van der Waals surface area contributed by atoms with Crippen LogP contribution in [-0.4, -0.2) is 29.1 Å². The van der Waals surface area contributed by atoms with Crippen LogP contribution in [0.5, 0.6) is 0 Å². The van der Waals surface area contributed by atoms with E-state index in [1.54, 1.807) is 0 Å². The molecule has 18 heavy (non-hydrogen) atoms. The first-order valence-corrected chi connectivity index (χ1v) is 7.18. The van der Waals surface area contributed by atoms with Gasteiger partial charge in [-0.3, -0.25) is 0 Å². The normalized spacial score (nSPS) is 33.6. The van der Waals surface area contributed by atoms with E-state index < -0.39 is 0 Å². The van der Waals surface area contributed by atoms with E-state index in [1.165, 1.54) is 12.8 Å². The van der Waals surface area contributed by atoms with Gasteiger partial charge in [-0.1, -0.05) is 23.7 Å². The Balaban J connectivity index is 1.76. The Morgan fingerprint density at radius 3 is 2.56 bits per heavy atom. The zero-order valence-corrected chi connectivity index (χ0v) is 11.5. The number of piperidine rings is 1. The highest BCUT2D eigenvalue weighted by Crippen LogP contribution is 2.42. The molecule has 3 rings (SSSR count). The van der Waals surface area contributed by atoms with Crippen molar-refractivity contribution in [3.8, 4) is 0 Å². The van der Waals surface area contributed by atoms with Crippen LogP contribution >= 0.6 is 11.6 Å². The van der Waals surface area contributed by atoms with Crippen LogP contribution in [0.1, 0.15) is 37.4 Å². The van der Waals surface area contributed by atoms with Gasteiger partial charge in [0.2, 0.25) is 0 Å². The van der Waals surface area contributed by atoms with Gasteiger partial charge >= 0.3 is 0 Å². The fraction of sp³-hybridized carbons (Fsp3) is 0.600. The van der Waals surface area contributed by atoms with Crippen molar-refractivity contribution in [3.63, 3.8) is 0 Å². The molecule has 3 atom stereocenters. The highest BCUT2D eigenvalue weighted by atomic mass is 35.5. The van der Waals surface area contributed by atoms with Crippen molar-refractivity contribution < 1.29 is 5.11 Å². The third kappa shape index (κ3) is 2.18. The highest BCUT2D eigenvalue weighted by molar-refractivity contribution is 6.30. The van der Waals surface area contributed by atoms with Crippen LogP contribution in [-0.2, 0) is 0 Å². The van der Waals surface area contributed by atoms with Gasteiger partial charge in [0.15, 0.2) is 0 Å². The molecule has 0 saturated carbocycles. The maximum atomic E-state index is 10.5. The Kier molecular flexibility index (Phi) is 3.35. The number of aliphatic hydroxyl groups excluding tert-OH is 1. The van der Waals surface area contributed by atoms with Crippen LogP contribution in [0.3, 0.4) is 0 Å². The number of benzene rings is 1. The summed E-state index contributed by atoms with van der Waals surface area (Å²) in [5, 5.41) is 11.3. The van der Waals surface area contributed by atoms with Crippen molar-refractivity contribution in [1.29, 1.82) is 0 Å². The molecule has 1 N–H and O–H groups in total. The molecule has 3 unspecified atom stereocenters. The lowest BCUT2D eigenvalue weighted by Crippen LogP contribution is -2.41. The predicted molar refractivity (Wildman–Crippen MR) is 73.7 cm³/mol. The molecule has 0 aromatic heterocycles. The standard InChI is InChI=1S/C15H20ClNO/c1-17-13-5-6-14(17)9-11(8-13)15(18)10-3-2-4-12(16)7-10/h2-4,7,11,13-15,18H,5-6,8-9H2,1H3. The number of rotatable bonds is 2. The van der Waals surface area contributed by atoms with Gasteiger partial charge in [0, 0.05) is 17.1 Å². The first kappa shape index (κ1) is 12.5. The van der Waals surface area contributed by atoms with Crippen LogP contribution in [0, 0.1) is 5.92 Å². The minimum Gasteiger partial charge on any atom is -0.388 e. The highest BCUT2D eigenvalue weighted by Gasteiger charge is 2.40. The van der Waals surface area contributed by atoms with E-state index in [2.05, 4.69) is 11.9 Å². The molecule has 2 aliphatic rings. The fourth-order valence-electron chi connectivity index (χ4n) is 3.67. The Labute approximate surface area is 114 Å². The largest absolute Gasteiger partial charge is 0.388 e. The molecule has 1 aromatic carbocycles. The number of nitrogens with zero attached hydrogens (tertiary/aromatic N) is 1. The summed E-state index contributed by atoms with van der Waals surface area (Å²) in [7, 11) is 2.23. The molecule has 2 saturated heterocycles. The Bertz CT molecular complexity index is 422. The lowest BCUT2D eigenvalue weighted by atomic mass is 9.84. The summed E-state index contributed by atoms with van der Waals surface area (Å²) < 4.78 is 0. The quantitative estimate of drug-likeness (QED) is 0.887. The molecule has 0 amide bonds. The average molecular weight is 266 g/mol. The topological polar surface area (TPSA) is 23.5 Å². The molecule has 0 spiro atoms. The maximum Gasteiger partial charge on any atom is 0.0819 e. The lowest BCUT2D eigenvalue weighted by molar-refractivity contribution is 0.0356. The summed E-state index contributed by atoms with van der Waals surface area (Å²) in [6.45, 7) is 0. The van der Waals surface area contributed by atoms with Crippen molar-refractivity contribution in [1.82, 2.24) is 4.90 Å². The molecule has 2 bridgehead atoms. The van der Waals surface area contributed by atoms with Gasteiger partial charge in [-0.05, 0) is 56.3 Å². The molecule has 0 radical (unpaired) electrons. The summed E-state index contributed by atoms with van der Waals surface area (Å²) in [5.41, 5.74) is 0.969. The number of halogens is 1.